The number of hydrogen-bond donors (Lipinski definition) is 2. The summed E-state index contributed by atoms with van der Waals surface area (Å²) in [5, 5.41) is 12.8. The molecule has 20 heavy (non-hydrogen) atoms. The van der Waals surface area contributed by atoms with Gasteiger partial charge in [0.2, 0.25) is 5.91 Å². The number of carbonyl (C=O) groups excluding carboxylic acids is 1. The van der Waals surface area contributed by atoms with E-state index < -0.39 is 0 Å². The number of rotatable bonds is 5. The van der Waals surface area contributed by atoms with Gasteiger partial charge in [-0.1, -0.05) is 23.7 Å². The summed E-state index contributed by atoms with van der Waals surface area (Å²) in [5.41, 5.74) is 0.393. The average Bonchev–Trinajstić information content (AvgIpc) is 2.44. The Hall–Kier alpha value is -2.20. The number of para-hydroxylation sites is 2. The monoisotopic (exact) mass is 291 g/mol. The van der Waals surface area contributed by atoms with Gasteiger partial charge in [-0.15, -0.1) is 0 Å². The molecule has 0 unspecified atom stereocenters. The van der Waals surface area contributed by atoms with Crippen LogP contribution in [0.4, 0.5) is 5.69 Å². The highest BCUT2D eigenvalue weighted by atomic mass is 35.5. The first-order chi connectivity index (χ1) is 9.65. The molecule has 1 amide bonds. The van der Waals surface area contributed by atoms with E-state index in [1.807, 2.05) is 0 Å². The Bertz CT molecular complexity index is 584. The fraction of sp³-hybridized carbons (Fsp3) is 0.133. The van der Waals surface area contributed by atoms with Gasteiger partial charge in [-0.25, -0.2) is 0 Å². The summed E-state index contributed by atoms with van der Waals surface area (Å²) in [5.74, 6) is 0.477. The van der Waals surface area contributed by atoms with Crippen LogP contribution in [0.2, 0.25) is 5.02 Å². The topological polar surface area (TPSA) is 58.6 Å². The van der Waals surface area contributed by atoms with Gasteiger partial charge in [0.25, 0.3) is 0 Å². The molecule has 2 rings (SSSR count). The zero-order valence-corrected chi connectivity index (χ0v) is 11.4. The largest absolute Gasteiger partial charge is 0.506 e. The van der Waals surface area contributed by atoms with E-state index in [-0.39, 0.29) is 24.7 Å². The zero-order chi connectivity index (χ0) is 14.4. The highest BCUT2D eigenvalue weighted by molar-refractivity contribution is 6.30. The summed E-state index contributed by atoms with van der Waals surface area (Å²) in [4.78, 5) is 11.7. The van der Waals surface area contributed by atoms with Crippen molar-refractivity contribution in [3.8, 4) is 11.5 Å². The maximum Gasteiger partial charge on any atom is 0.227 e. The molecule has 0 aromatic heterocycles. The number of ether oxygens (including phenoxy) is 1. The van der Waals surface area contributed by atoms with E-state index in [1.165, 1.54) is 6.07 Å². The van der Waals surface area contributed by atoms with Crippen molar-refractivity contribution in [3.63, 3.8) is 0 Å². The Kier molecular flexibility index (Phi) is 4.85. The van der Waals surface area contributed by atoms with Crippen LogP contribution in [0.1, 0.15) is 6.42 Å². The lowest BCUT2D eigenvalue weighted by molar-refractivity contribution is -0.116. The number of anilines is 1. The molecule has 0 aliphatic heterocycles. The fourth-order valence-corrected chi connectivity index (χ4v) is 1.71. The highest BCUT2D eigenvalue weighted by Gasteiger charge is 2.05. The molecule has 104 valence electrons. The van der Waals surface area contributed by atoms with Gasteiger partial charge in [-0.3, -0.25) is 4.79 Å². The van der Waals surface area contributed by atoms with Gasteiger partial charge in [0.1, 0.15) is 11.5 Å². The molecule has 0 saturated heterocycles. The number of amides is 1. The average molecular weight is 292 g/mol. The summed E-state index contributed by atoms with van der Waals surface area (Å²) in [6.45, 7) is 0.251. The first kappa shape index (κ1) is 14.2. The van der Waals surface area contributed by atoms with Crippen molar-refractivity contribution in [3.05, 3.63) is 53.6 Å². The molecule has 0 saturated carbocycles. The first-order valence-electron chi connectivity index (χ1n) is 6.11. The lowest BCUT2D eigenvalue weighted by Gasteiger charge is -2.08. The van der Waals surface area contributed by atoms with Crippen LogP contribution >= 0.6 is 11.6 Å². The van der Waals surface area contributed by atoms with Gasteiger partial charge in [0.05, 0.1) is 18.7 Å². The van der Waals surface area contributed by atoms with Crippen molar-refractivity contribution in [2.24, 2.45) is 0 Å². The number of carbonyl (C=O) groups is 1. The SMILES string of the molecule is O=C(CCOc1ccc(Cl)cc1)Nc1ccccc1O. The molecule has 0 heterocycles. The van der Waals surface area contributed by atoms with Gasteiger partial charge in [0, 0.05) is 5.02 Å². The van der Waals surface area contributed by atoms with E-state index in [9.17, 15) is 9.90 Å². The van der Waals surface area contributed by atoms with Gasteiger partial charge in [0.15, 0.2) is 0 Å². The minimum atomic E-state index is -0.222. The Morgan fingerprint density at radius 3 is 2.55 bits per heavy atom. The Morgan fingerprint density at radius 1 is 1.15 bits per heavy atom. The molecule has 0 spiro atoms. The van der Waals surface area contributed by atoms with E-state index >= 15 is 0 Å². The summed E-state index contributed by atoms with van der Waals surface area (Å²) < 4.78 is 5.42. The smallest absolute Gasteiger partial charge is 0.227 e. The van der Waals surface area contributed by atoms with Crippen LogP contribution in [0.15, 0.2) is 48.5 Å². The quantitative estimate of drug-likeness (QED) is 0.830. The number of phenolic OH excluding ortho intramolecular Hbond substituents is 1. The van der Waals surface area contributed by atoms with Crippen LogP contribution < -0.4 is 10.1 Å². The third-order valence-electron chi connectivity index (χ3n) is 2.59. The Morgan fingerprint density at radius 2 is 1.85 bits per heavy atom. The van der Waals surface area contributed by atoms with E-state index in [1.54, 1.807) is 42.5 Å². The lowest BCUT2D eigenvalue weighted by Crippen LogP contribution is -2.15. The molecular weight excluding hydrogens is 278 g/mol. The van der Waals surface area contributed by atoms with Gasteiger partial charge in [-0.2, -0.15) is 0 Å². The number of aromatic hydroxyl groups is 1. The lowest BCUT2D eigenvalue weighted by atomic mass is 10.3. The number of benzene rings is 2. The third kappa shape index (κ3) is 4.17. The zero-order valence-electron chi connectivity index (χ0n) is 10.7. The van der Waals surface area contributed by atoms with E-state index in [2.05, 4.69) is 5.32 Å². The van der Waals surface area contributed by atoms with Crippen LogP contribution in [0.3, 0.4) is 0 Å². The predicted molar refractivity (Wildman–Crippen MR) is 78.3 cm³/mol. The highest BCUT2D eigenvalue weighted by Crippen LogP contribution is 2.21. The Balaban J connectivity index is 1.78. The molecule has 0 radical (unpaired) electrons. The summed E-state index contributed by atoms with van der Waals surface area (Å²) >= 11 is 5.76. The summed E-state index contributed by atoms with van der Waals surface area (Å²) in [6.07, 6.45) is 0.191. The maximum atomic E-state index is 11.7. The molecule has 2 N–H and O–H groups in total. The van der Waals surface area contributed by atoms with Crippen LogP contribution in [-0.4, -0.2) is 17.6 Å². The van der Waals surface area contributed by atoms with Gasteiger partial charge >= 0.3 is 0 Å². The second-order valence-corrected chi connectivity index (χ2v) is 4.55. The second-order valence-electron chi connectivity index (χ2n) is 4.12. The molecule has 0 fully saturated rings. The van der Waals surface area contributed by atoms with E-state index in [4.69, 9.17) is 16.3 Å². The summed E-state index contributed by atoms with van der Waals surface area (Å²) in [6, 6.07) is 13.5. The molecular formula is C15H14ClNO3. The molecule has 0 bridgehead atoms. The number of nitrogens with one attached hydrogen (secondary N) is 1. The Labute approximate surface area is 122 Å². The molecule has 4 nitrogen and oxygen atoms in total. The molecule has 0 atom stereocenters. The van der Waals surface area contributed by atoms with Crippen LogP contribution in [0.5, 0.6) is 11.5 Å². The van der Waals surface area contributed by atoms with Crippen molar-refractivity contribution in [2.45, 2.75) is 6.42 Å². The second kappa shape index (κ2) is 6.82. The summed E-state index contributed by atoms with van der Waals surface area (Å²) in [7, 11) is 0. The maximum absolute atomic E-state index is 11.7. The number of halogens is 1. The predicted octanol–water partition coefficient (Wildman–Crippen LogP) is 3.45. The van der Waals surface area contributed by atoms with Crippen molar-refractivity contribution >= 4 is 23.2 Å². The van der Waals surface area contributed by atoms with Crippen LogP contribution in [0.25, 0.3) is 0 Å². The standard InChI is InChI=1S/C15H14ClNO3/c16-11-5-7-12(8-6-11)20-10-9-15(19)17-13-3-1-2-4-14(13)18/h1-8,18H,9-10H2,(H,17,19). The third-order valence-corrected chi connectivity index (χ3v) is 2.84. The van der Waals surface area contributed by atoms with Crippen LogP contribution in [0, 0.1) is 0 Å². The minimum Gasteiger partial charge on any atom is -0.506 e. The molecule has 5 heteroatoms. The molecule has 2 aromatic carbocycles. The fourth-order valence-electron chi connectivity index (χ4n) is 1.58. The van der Waals surface area contributed by atoms with Crippen molar-refractivity contribution in [2.75, 3.05) is 11.9 Å². The minimum absolute atomic E-state index is 0.0412. The number of hydrogen-bond acceptors (Lipinski definition) is 3. The van der Waals surface area contributed by atoms with Crippen molar-refractivity contribution < 1.29 is 14.6 Å². The van der Waals surface area contributed by atoms with Crippen molar-refractivity contribution in [1.29, 1.82) is 0 Å². The van der Waals surface area contributed by atoms with E-state index in [0.717, 1.165) is 0 Å². The van der Waals surface area contributed by atoms with E-state index in [0.29, 0.717) is 16.5 Å². The molecule has 0 aliphatic carbocycles. The van der Waals surface area contributed by atoms with Gasteiger partial charge in [-0.05, 0) is 36.4 Å². The number of phenols is 1. The first-order valence-corrected chi connectivity index (χ1v) is 6.49. The molecule has 2 aromatic rings. The van der Waals surface area contributed by atoms with Crippen molar-refractivity contribution in [1.82, 2.24) is 0 Å². The molecule has 0 aliphatic rings. The normalized spacial score (nSPS) is 10.1. The van der Waals surface area contributed by atoms with Crippen LogP contribution in [-0.2, 0) is 4.79 Å². The van der Waals surface area contributed by atoms with Gasteiger partial charge < -0.3 is 15.2 Å².